The molecule has 3 rings (SSSR count). The zero-order valence-corrected chi connectivity index (χ0v) is 14.9. The maximum atomic E-state index is 12.5. The Labute approximate surface area is 145 Å². The molecular formula is C20H30N2O2. The van der Waals surface area contributed by atoms with E-state index in [0.29, 0.717) is 13.2 Å². The number of hydrogen-bond donors (Lipinski definition) is 0. The summed E-state index contributed by atoms with van der Waals surface area (Å²) >= 11 is 0. The van der Waals surface area contributed by atoms with Crippen LogP contribution in [0.1, 0.15) is 49.4 Å². The predicted octanol–water partition coefficient (Wildman–Crippen LogP) is 3.22. The molecule has 0 bridgehead atoms. The lowest BCUT2D eigenvalue weighted by Gasteiger charge is -2.40. The summed E-state index contributed by atoms with van der Waals surface area (Å²) in [4.78, 5) is 17.5. The van der Waals surface area contributed by atoms with Crippen molar-refractivity contribution in [3.63, 3.8) is 0 Å². The maximum Gasteiger partial charge on any atom is 0.176 e. The Morgan fingerprint density at radius 3 is 2.33 bits per heavy atom. The van der Waals surface area contributed by atoms with Gasteiger partial charge in [-0.1, -0.05) is 6.42 Å². The molecule has 2 saturated heterocycles. The van der Waals surface area contributed by atoms with E-state index in [1.807, 2.05) is 31.2 Å². The number of ether oxygens (including phenoxy) is 1. The SMILES string of the molecule is CCOc1ccc(C(=O)CN2CCC(N3CCCCC3)CC2)cc1. The first-order chi connectivity index (χ1) is 11.8. The molecule has 0 aromatic heterocycles. The number of rotatable bonds is 6. The second-order valence-corrected chi connectivity index (χ2v) is 6.98. The third-order valence-corrected chi connectivity index (χ3v) is 5.32. The van der Waals surface area contributed by atoms with Crippen molar-refractivity contribution in [2.45, 2.75) is 45.1 Å². The molecule has 132 valence electrons. The number of ketones is 1. The topological polar surface area (TPSA) is 32.8 Å². The molecule has 0 amide bonds. The molecule has 0 atom stereocenters. The maximum absolute atomic E-state index is 12.5. The molecule has 4 nitrogen and oxygen atoms in total. The Kier molecular flexibility index (Phi) is 6.27. The normalized spacial score (nSPS) is 20.9. The van der Waals surface area contributed by atoms with Crippen LogP contribution in [0.15, 0.2) is 24.3 Å². The lowest BCUT2D eigenvalue weighted by molar-refractivity contribution is 0.0775. The van der Waals surface area contributed by atoms with Gasteiger partial charge in [0.05, 0.1) is 13.2 Å². The second kappa shape index (κ2) is 8.63. The van der Waals surface area contributed by atoms with E-state index < -0.39 is 0 Å². The number of nitrogens with zero attached hydrogens (tertiary/aromatic N) is 2. The van der Waals surface area contributed by atoms with Gasteiger partial charge in [-0.3, -0.25) is 9.69 Å². The number of likely N-dealkylation sites (tertiary alicyclic amines) is 2. The minimum Gasteiger partial charge on any atom is -0.494 e. The largest absolute Gasteiger partial charge is 0.494 e. The highest BCUT2D eigenvalue weighted by atomic mass is 16.5. The Bertz CT molecular complexity index is 515. The third-order valence-electron chi connectivity index (χ3n) is 5.32. The molecule has 24 heavy (non-hydrogen) atoms. The smallest absolute Gasteiger partial charge is 0.176 e. The standard InChI is InChI=1S/C20H30N2O2/c1-2-24-19-8-6-17(7-9-19)20(23)16-21-14-10-18(11-15-21)22-12-4-3-5-13-22/h6-9,18H,2-5,10-16H2,1H3. The van der Waals surface area contributed by atoms with E-state index in [1.165, 1.54) is 45.2 Å². The van der Waals surface area contributed by atoms with Crippen molar-refractivity contribution >= 4 is 5.78 Å². The monoisotopic (exact) mass is 330 g/mol. The summed E-state index contributed by atoms with van der Waals surface area (Å²) in [6, 6.07) is 8.28. The molecule has 1 aromatic carbocycles. The Hall–Kier alpha value is -1.39. The molecular weight excluding hydrogens is 300 g/mol. The van der Waals surface area contributed by atoms with Crippen LogP contribution < -0.4 is 4.74 Å². The molecule has 2 fully saturated rings. The number of Topliss-reactive ketones (excluding diaryl/α,β-unsaturated/α-hetero) is 1. The van der Waals surface area contributed by atoms with Gasteiger partial charge in [-0.2, -0.15) is 0 Å². The fraction of sp³-hybridized carbons (Fsp3) is 0.650. The molecule has 0 unspecified atom stereocenters. The van der Waals surface area contributed by atoms with Gasteiger partial charge < -0.3 is 9.64 Å². The lowest BCUT2D eigenvalue weighted by Crippen LogP contribution is -2.47. The fourth-order valence-electron chi connectivity index (χ4n) is 3.92. The van der Waals surface area contributed by atoms with Gasteiger partial charge in [0, 0.05) is 24.7 Å². The van der Waals surface area contributed by atoms with Crippen molar-refractivity contribution in [3.05, 3.63) is 29.8 Å². The number of hydrogen-bond acceptors (Lipinski definition) is 4. The minimum atomic E-state index is 0.217. The Balaban J connectivity index is 1.45. The first kappa shape index (κ1) is 17.4. The summed E-state index contributed by atoms with van der Waals surface area (Å²) < 4.78 is 5.43. The molecule has 2 heterocycles. The van der Waals surface area contributed by atoms with Gasteiger partial charge in [-0.15, -0.1) is 0 Å². The molecule has 2 aliphatic rings. The van der Waals surface area contributed by atoms with Crippen molar-refractivity contribution in [2.75, 3.05) is 39.3 Å². The summed E-state index contributed by atoms with van der Waals surface area (Å²) in [6.07, 6.45) is 6.52. The van der Waals surface area contributed by atoms with Crippen LogP contribution in [0.3, 0.4) is 0 Å². The first-order valence-corrected chi connectivity index (χ1v) is 9.48. The molecule has 0 aliphatic carbocycles. The molecule has 0 saturated carbocycles. The van der Waals surface area contributed by atoms with Gasteiger partial charge in [0.25, 0.3) is 0 Å². The van der Waals surface area contributed by atoms with Crippen LogP contribution in [-0.2, 0) is 0 Å². The van der Waals surface area contributed by atoms with Crippen molar-refractivity contribution in [3.8, 4) is 5.75 Å². The van der Waals surface area contributed by atoms with E-state index in [4.69, 9.17) is 4.74 Å². The van der Waals surface area contributed by atoms with E-state index >= 15 is 0 Å². The van der Waals surface area contributed by atoms with E-state index in [9.17, 15) is 4.79 Å². The number of carbonyl (C=O) groups is 1. The van der Waals surface area contributed by atoms with Crippen LogP contribution in [0.5, 0.6) is 5.75 Å². The van der Waals surface area contributed by atoms with E-state index in [1.54, 1.807) is 0 Å². The van der Waals surface area contributed by atoms with E-state index in [0.717, 1.165) is 30.4 Å². The van der Waals surface area contributed by atoms with Crippen LogP contribution in [0.4, 0.5) is 0 Å². The molecule has 0 N–H and O–H groups in total. The zero-order chi connectivity index (χ0) is 16.8. The van der Waals surface area contributed by atoms with Gasteiger partial charge in [0.1, 0.15) is 5.75 Å². The highest BCUT2D eigenvalue weighted by Gasteiger charge is 2.26. The van der Waals surface area contributed by atoms with Crippen LogP contribution in [-0.4, -0.2) is 61.0 Å². The minimum absolute atomic E-state index is 0.217. The van der Waals surface area contributed by atoms with Gasteiger partial charge in [-0.25, -0.2) is 0 Å². The average Bonchev–Trinajstić information content (AvgIpc) is 2.64. The highest BCUT2D eigenvalue weighted by Crippen LogP contribution is 2.21. The molecule has 4 heteroatoms. The summed E-state index contributed by atoms with van der Waals surface area (Å²) in [5, 5.41) is 0. The van der Waals surface area contributed by atoms with Crippen molar-refractivity contribution < 1.29 is 9.53 Å². The van der Waals surface area contributed by atoms with E-state index in [2.05, 4.69) is 9.80 Å². The van der Waals surface area contributed by atoms with Crippen LogP contribution >= 0.6 is 0 Å². The quantitative estimate of drug-likeness (QED) is 0.750. The molecule has 1 aromatic rings. The van der Waals surface area contributed by atoms with Crippen molar-refractivity contribution in [1.82, 2.24) is 9.80 Å². The first-order valence-electron chi connectivity index (χ1n) is 9.48. The van der Waals surface area contributed by atoms with Crippen molar-refractivity contribution in [2.24, 2.45) is 0 Å². The summed E-state index contributed by atoms with van der Waals surface area (Å²) in [5.41, 5.74) is 0.789. The van der Waals surface area contributed by atoms with Crippen LogP contribution in [0, 0.1) is 0 Å². The Morgan fingerprint density at radius 2 is 1.71 bits per heavy atom. The second-order valence-electron chi connectivity index (χ2n) is 6.98. The highest BCUT2D eigenvalue weighted by molar-refractivity contribution is 5.97. The number of benzene rings is 1. The summed E-state index contributed by atoms with van der Waals surface area (Å²) in [5.74, 6) is 1.05. The van der Waals surface area contributed by atoms with Gasteiger partial charge in [0.2, 0.25) is 0 Å². The summed E-state index contributed by atoms with van der Waals surface area (Å²) in [6.45, 7) is 7.80. The number of piperidine rings is 2. The lowest BCUT2D eigenvalue weighted by atomic mass is 9.99. The number of carbonyl (C=O) groups excluding carboxylic acids is 1. The van der Waals surface area contributed by atoms with Crippen LogP contribution in [0.2, 0.25) is 0 Å². The van der Waals surface area contributed by atoms with Gasteiger partial charge in [-0.05, 0) is 70.0 Å². The molecule has 2 aliphatic heterocycles. The van der Waals surface area contributed by atoms with Crippen LogP contribution in [0.25, 0.3) is 0 Å². The fourth-order valence-corrected chi connectivity index (χ4v) is 3.92. The van der Waals surface area contributed by atoms with E-state index in [-0.39, 0.29) is 5.78 Å². The van der Waals surface area contributed by atoms with Gasteiger partial charge in [0.15, 0.2) is 5.78 Å². The third kappa shape index (κ3) is 4.58. The molecule has 0 radical (unpaired) electrons. The average molecular weight is 330 g/mol. The Morgan fingerprint density at radius 1 is 1.04 bits per heavy atom. The molecule has 0 spiro atoms. The van der Waals surface area contributed by atoms with Crippen molar-refractivity contribution in [1.29, 1.82) is 0 Å². The van der Waals surface area contributed by atoms with Gasteiger partial charge >= 0.3 is 0 Å². The summed E-state index contributed by atoms with van der Waals surface area (Å²) in [7, 11) is 0. The zero-order valence-electron chi connectivity index (χ0n) is 14.9. The predicted molar refractivity (Wildman–Crippen MR) is 96.8 cm³/mol.